The number of pyridine rings is 8. The number of ketones is 2. The normalized spacial score (nSPS) is 12.5. The van der Waals surface area contributed by atoms with Gasteiger partial charge in [0.25, 0.3) is 0 Å². The monoisotopic (exact) mass is 1860 g/mol. The molecule has 140 heavy (non-hydrogen) atoms. The molecule has 0 radical (unpaired) electrons. The van der Waals surface area contributed by atoms with Crippen molar-refractivity contribution in [1.29, 1.82) is 0 Å². The Hall–Kier alpha value is -16.6. The van der Waals surface area contributed by atoms with E-state index in [1.807, 2.05) is 220 Å². The second-order valence-corrected chi connectivity index (χ2v) is 35.6. The van der Waals surface area contributed by atoms with Gasteiger partial charge in [-0.2, -0.15) is 0 Å². The van der Waals surface area contributed by atoms with E-state index < -0.39 is 0 Å². The first-order valence-corrected chi connectivity index (χ1v) is 46.8. The van der Waals surface area contributed by atoms with Crippen molar-refractivity contribution in [3.05, 3.63) is 359 Å². The minimum absolute atomic E-state index is 0.0442. The lowest BCUT2D eigenvalue weighted by atomic mass is 9.91. The molecule has 16 heterocycles. The van der Waals surface area contributed by atoms with Crippen LogP contribution in [0.2, 0.25) is 0 Å². The summed E-state index contributed by atoms with van der Waals surface area (Å²) in [5, 5.41) is 16.5. The van der Waals surface area contributed by atoms with Crippen molar-refractivity contribution >= 4 is 67.6 Å². The van der Waals surface area contributed by atoms with Gasteiger partial charge in [0.15, 0.2) is 0 Å². The van der Waals surface area contributed by atoms with Crippen LogP contribution in [0, 0.1) is 55.4 Å². The Morgan fingerprint density at radius 2 is 0.664 bits per heavy atom. The predicted octanol–water partition coefficient (Wildman–Crippen LogP) is 23.8. The van der Waals surface area contributed by atoms with Crippen LogP contribution < -0.4 is 0 Å². The summed E-state index contributed by atoms with van der Waals surface area (Å²) in [6, 6.07) is 65.2. The number of benzene rings is 4. The molecule has 0 bridgehead atoms. The Kier molecular flexibility index (Phi) is 27.3. The first kappa shape index (κ1) is 93.7. The van der Waals surface area contributed by atoms with Crippen molar-refractivity contribution in [2.24, 2.45) is 0 Å². The largest absolute Gasteiger partial charge is 0.469 e. The van der Waals surface area contributed by atoms with Gasteiger partial charge < -0.3 is 45.8 Å². The van der Waals surface area contributed by atoms with Crippen LogP contribution in [0.3, 0.4) is 0 Å². The molecule has 0 aliphatic heterocycles. The first-order valence-electron chi connectivity index (χ1n) is 46.8. The third-order valence-electron chi connectivity index (χ3n) is 26.3. The molecule has 26 heteroatoms. The van der Waals surface area contributed by atoms with Crippen LogP contribution in [0.1, 0.15) is 156 Å². The highest BCUT2D eigenvalue weighted by Crippen LogP contribution is 2.50. The lowest BCUT2D eigenvalue weighted by Crippen LogP contribution is -2.16. The summed E-state index contributed by atoms with van der Waals surface area (Å²) in [4.78, 5) is 85.0. The van der Waals surface area contributed by atoms with Gasteiger partial charge in [0.1, 0.15) is 34.6 Å². The van der Waals surface area contributed by atoms with Gasteiger partial charge in [-0.25, -0.2) is 0 Å². The summed E-state index contributed by atoms with van der Waals surface area (Å²) < 4.78 is 40.1. The average Bonchev–Trinajstić information content (AvgIpc) is 1.60. The Morgan fingerprint density at radius 3 is 0.943 bits per heavy atom. The summed E-state index contributed by atoms with van der Waals surface area (Å²) in [6.45, 7) is 24.4. The quantitative estimate of drug-likeness (QED) is 0.0455. The summed E-state index contributed by atoms with van der Waals surface area (Å²) in [7, 11) is 2.80. The molecule has 16 aromatic heterocycles. The molecule has 0 unspecified atom stereocenters. The predicted molar refractivity (Wildman–Crippen MR) is 540 cm³/mol. The van der Waals surface area contributed by atoms with Crippen LogP contribution in [0.5, 0.6) is 0 Å². The van der Waals surface area contributed by atoms with Crippen molar-refractivity contribution < 1.29 is 46.7 Å². The van der Waals surface area contributed by atoms with E-state index in [9.17, 15) is 19.2 Å². The van der Waals surface area contributed by atoms with Crippen LogP contribution in [0.25, 0.3) is 133 Å². The van der Waals surface area contributed by atoms with Gasteiger partial charge in [0.2, 0.25) is 0 Å². The molecule has 1 aliphatic rings. The van der Waals surface area contributed by atoms with Gasteiger partial charge in [0, 0.05) is 148 Å². The van der Waals surface area contributed by atoms with Crippen LogP contribution in [0.15, 0.2) is 287 Å². The Bertz CT molecular complexity index is 7830. The molecule has 21 rings (SSSR count). The standard InChI is InChI=1S/C29H28N4O3.C29H26N4O2.C29H28N4O2.C27H24N4O3/c1-5-25(24-8-6-7-13-30-24)33-17-23(21-11-9-20(10-12-21)14-27(34)35-4)29-26(33)15-22(16-31-29)28-18(2)32-36-19(28)3;1-18-27(19(2)35-32-18)22-14-26-28(31-15-22)25(17-33(26)16-24-6-4-5-13-30-24)21-7-9-23(10-8-21)29(11-12-29)20(3)34;1-5-26(25-8-6-7-13-30-25)33-17-24(22-11-9-21(10-12-22)14-18(2)34)29-27(33)15-23(16-31-29)28-19(3)32-35-20(28)4;1-17-26(18(2)34-30-17)21-13-24-27(29-14-21)23(16-31(24)15-22-6-4-5-11-28-22)20-9-7-19(8-10-20)12-25(32)33-3/h6-13,15-17,25H,5,14H2,1-4H3;4-10,13-15,17H,11-12,16H2,1-3H3;6-13,15-17,26H,5,14H2,1-4H3;4-11,13-14,16H,12,15H2,1-3H3/t25-;;26-;/m1.1./s1. The molecule has 4 aromatic carbocycles. The number of methoxy groups -OCH3 is 2. The van der Waals surface area contributed by atoms with E-state index in [1.165, 1.54) is 14.2 Å². The molecule has 702 valence electrons. The zero-order chi connectivity index (χ0) is 97.6. The van der Waals surface area contributed by atoms with Gasteiger partial charge in [-0.1, -0.05) is 156 Å². The molecule has 0 saturated heterocycles. The summed E-state index contributed by atoms with van der Waals surface area (Å²) >= 11 is 0. The van der Waals surface area contributed by atoms with E-state index in [2.05, 4.69) is 170 Å². The molecule has 0 N–H and O–H groups in total. The van der Waals surface area contributed by atoms with Gasteiger partial charge in [-0.15, -0.1) is 0 Å². The molecular formula is C114H106N16O10. The van der Waals surface area contributed by atoms with Gasteiger partial charge in [-0.3, -0.25) is 59.0 Å². The average molecular weight is 1860 g/mol. The zero-order valence-corrected chi connectivity index (χ0v) is 80.7. The number of carbonyl (C=O) groups excluding carboxylic acids is 4. The first-order chi connectivity index (χ1) is 67.9. The maximum absolute atomic E-state index is 12.2. The number of nitrogens with zero attached hydrogens (tertiary/aromatic N) is 16. The van der Waals surface area contributed by atoms with Crippen LogP contribution in [0.4, 0.5) is 0 Å². The fraction of sp³-hybridized carbons (Fsp3) is 0.228. The topological polar surface area (TPSA) is 314 Å². The van der Waals surface area contributed by atoms with Crippen molar-refractivity contribution in [2.45, 2.75) is 159 Å². The van der Waals surface area contributed by atoms with Gasteiger partial charge in [-0.05, 0) is 212 Å². The third-order valence-corrected chi connectivity index (χ3v) is 26.3. The van der Waals surface area contributed by atoms with E-state index >= 15 is 0 Å². The molecule has 0 amide bonds. The van der Waals surface area contributed by atoms with E-state index in [0.717, 1.165) is 250 Å². The van der Waals surface area contributed by atoms with Crippen molar-refractivity contribution in [3.63, 3.8) is 0 Å². The van der Waals surface area contributed by atoms with Gasteiger partial charge >= 0.3 is 11.9 Å². The van der Waals surface area contributed by atoms with Gasteiger partial charge in [0.05, 0.1) is 147 Å². The molecule has 20 aromatic rings. The Morgan fingerprint density at radius 1 is 0.357 bits per heavy atom. The number of aryl methyl sites for hydroxylation is 8. The summed E-state index contributed by atoms with van der Waals surface area (Å²) in [5.74, 6) is 2.99. The van der Waals surface area contributed by atoms with Crippen LogP contribution in [-0.4, -0.2) is 116 Å². The third kappa shape index (κ3) is 19.5. The molecule has 0 spiro atoms. The Labute approximate surface area is 809 Å². The smallest absolute Gasteiger partial charge is 0.309 e. The maximum Gasteiger partial charge on any atom is 0.309 e. The molecular weight excluding hydrogens is 1750 g/mol. The highest BCUT2D eigenvalue weighted by molar-refractivity contribution is 6.00. The lowest BCUT2D eigenvalue weighted by molar-refractivity contribution is -0.140. The van der Waals surface area contributed by atoms with E-state index in [4.69, 9.17) is 47.5 Å². The lowest BCUT2D eigenvalue weighted by Gasteiger charge is -2.18. The number of ether oxygens (including phenoxy) is 2. The van der Waals surface area contributed by atoms with E-state index in [0.29, 0.717) is 19.5 Å². The summed E-state index contributed by atoms with van der Waals surface area (Å²) in [6.07, 6.45) is 28.0. The van der Waals surface area contributed by atoms with Crippen molar-refractivity contribution in [2.75, 3.05) is 14.2 Å². The van der Waals surface area contributed by atoms with Crippen LogP contribution >= 0.6 is 0 Å². The highest BCUT2D eigenvalue weighted by Gasteiger charge is 2.48. The molecule has 26 nitrogen and oxygen atoms in total. The molecule has 1 fully saturated rings. The number of esters is 2. The van der Waals surface area contributed by atoms with E-state index in [-0.39, 0.29) is 53.8 Å². The maximum atomic E-state index is 12.2. The Balaban J connectivity index is 0.000000124. The number of hydrogen-bond donors (Lipinski definition) is 0. The molecule has 2 atom stereocenters. The number of aromatic nitrogens is 16. The molecule has 1 saturated carbocycles. The van der Waals surface area contributed by atoms with Crippen molar-refractivity contribution in [3.8, 4) is 89.0 Å². The number of fused-ring (bicyclic) bond motifs is 4. The van der Waals surface area contributed by atoms with Crippen molar-refractivity contribution in [1.82, 2.24) is 78.8 Å². The SMILES string of the molecule is CC(=O)C1(c2ccc(-c3cn(Cc4ccccn4)c4cc(-c5c(C)noc5C)cnc34)cc2)CC1.CC[C@H](c1ccccn1)n1cc(-c2ccc(CC(=O)OC)cc2)c2ncc(-c3c(C)noc3C)cc21.CC[C@H](c1ccccn1)n1cc(-c2ccc(CC(C)=O)cc2)c2ncc(-c3c(C)noc3C)cc21.COC(=O)Cc1ccc(-c2cn(Cc3ccccn3)c3cc(-c4c(C)noc4C)cnc23)cc1. The zero-order valence-electron chi connectivity index (χ0n) is 80.7. The number of rotatable bonds is 26. The second kappa shape index (κ2) is 40.7. The summed E-state index contributed by atoms with van der Waals surface area (Å²) in [5.41, 5.74) is 34.8. The molecule has 1 aliphatic carbocycles. The minimum Gasteiger partial charge on any atom is -0.469 e. The highest BCUT2D eigenvalue weighted by atomic mass is 16.5. The second-order valence-electron chi connectivity index (χ2n) is 35.6. The fourth-order valence-electron chi connectivity index (χ4n) is 19.0. The fourth-order valence-corrected chi connectivity index (χ4v) is 19.0. The minimum atomic E-state index is -0.271. The van der Waals surface area contributed by atoms with Crippen LogP contribution in [-0.2, 0) is 66.4 Å². The number of hydrogen-bond acceptors (Lipinski definition) is 22. The number of Topliss-reactive ketones (excluding diaryl/α,β-unsaturated/α-hetero) is 2. The number of carbonyl (C=O) groups is 4. The van der Waals surface area contributed by atoms with E-state index in [1.54, 1.807) is 20.0 Å².